The minimum absolute atomic E-state index is 0.0882. The van der Waals surface area contributed by atoms with Gasteiger partial charge in [0.2, 0.25) is 5.88 Å². The summed E-state index contributed by atoms with van der Waals surface area (Å²) in [5.41, 5.74) is 3.20. The van der Waals surface area contributed by atoms with E-state index in [1.165, 1.54) is 5.56 Å². The Hall–Kier alpha value is -3.40. The molecule has 0 unspecified atom stereocenters. The van der Waals surface area contributed by atoms with Gasteiger partial charge >= 0.3 is 5.97 Å². The molecule has 0 aliphatic carbocycles. The average Bonchev–Trinajstić information content (AvgIpc) is 2.90. The van der Waals surface area contributed by atoms with Crippen molar-refractivity contribution in [2.75, 3.05) is 25.2 Å². The highest BCUT2D eigenvalue weighted by molar-refractivity contribution is 5.90. The maximum atomic E-state index is 12.2. The van der Waals surface area contributed by atoms with Crippen LogP contribution in [0.15, 0.2) is 30.0 Å². The summed E-state index contributed by atoms with van der Waals surface area (Å²) in [5, 5.41) is 9.51. The van der Waals surface area contributed by atoms with Gasteiger partial charge in [0.25, 0.3) is 0 Å². The number of esters is 1. The van der Waals surface area contributed by atoms with E-state index in [1.54, 1.807) is 6.92 Å². The van der Waals surface area contributed by atoms with Crippen LogP contribution in [0.25, 0.3) is 6.08 Å². The molecule has 0 amide bonds. The van der Waals surface area contributed by atoms with E-state index >= 15 is 0 Å². The summed E-state index contributed by atoms with van der Waals surface area (Å²) in [6.07, 6.45) is 1.87. The molecule has 1 aromatic heterocycles. The van der Waals surface area contributed by atoms with Gasteiger partial charge in [-0.25, -0.2) is 14.8 Å². The predicted molar refractivity (Wildman–Crippen MR) is 110 cm³/mol. The fraction of sp³-hybridized carbons (Fsp3) is 0.364. The Morgan fingerprint density at radius 3 is 2.59 bits per heavy atom. The summed E-state index contributed by atoms with van der Waals surface area (Å²) < 4.78 is 10.6. The fourth-order valence-electron chi connectivity index (χ4n) is 3.58. The minimum atomic E-state index is -0.692. The molecular formula is C22H24N4O3. The Labute approximate surface area is 170 Å². The Morgan fingerprint density at radius 1 is 1.24 bits per heavy atom. The number of para-hydroxylation sites is 1. The molecular weight excluding hydrogens is 368 g/mol. The number of rotatable bonds is 5. The second kappa shape index (κ2) is 7.92. The smallest absolute Gasteiger partial charge is 0.360 e. The van der Waals surface area contributed by atoms with Crippen LogP contribution in [0.1, 0.15) is 55.1 Å². The van der Waals surface area contributed by atoms with Crippen LogP contribution in [-0.2, 0) is 10.2 Å². The Morgan fingerprint density at radius 2 is 1.97 bits per heavy atom. The molecule has 150 valence electrons. The average molecular weight is 392 g/mol. The fourth-order valence-corrected chi connectivity index (χ4v) is 3.58. The van der Waals surface area contributed by atoms with Gasteiger partial charge in [0.15, 0.2) is 11.4 Å². The van der Waals surface area contributed by atoms with Crippen molar-refractivity contribution >= 4 is 17.7 Å². The standard InChI is InChI=1S/C22H24N4O3/c1-6-28-20-15(24-16(13-23)19(25-20)21(27)29-7-2)12-18-22(3,4)14-10-8-9-11-17(14)26(18)5/h8-12H,6-7H2,1-5H3/b18-12+. The third-order valence-corrected chi connectivity index (χ3v) is 4.96. The van der Waals surface area contributed by atoms with E-state index in [4.69, 9.17) is 9.47 Å². The van der Waals surface area contributed by atoms with Gasteiger partial charge in [0.05, 0.1) is 13.2 Å². The zero-order chi connectivity index (χ0) is 21.2. The van der Waals surface area contributed by atoms with Crippen molar-refractivity contribution in [1.82, 2.24) is 9.97 Å². The Balaban J connectivity index is 2.16. The number of aromatic nitrogens is 2. The van der Waals surface area contributed by atoms with E-state index in [1.807, 2.05) is 38.2 Å². The normalized spacial score (nSPS) is 15.7. The van der Waals surface area contributed by atoms with Crippen LogP contribution in [0.5, 0.6) is 5.88 Å². The molecule has 0 fully saturated rings. The minimum Gasteiger partial charge on any atom is -0.476 e. The first-order chi connectivity index (χ1) is 13.8. The van der Waals surface area contributed by atoms with Crippen molar-refractivity contribution in [1.29, 1.82) is 5.26 Å². The largest absolute Gasteiger partial charge is 0.476 e. The Kier molecular flexibility index (Phi) is 5.55. The molecule has 0 N–H and O–H groups in total. The molecule has 0 atom stereocenters. The molecule has 7 heteroatoms. The quantitative estimate of drug-likeness (QED) is 0.717. The molecule has 1 aromatic carbocycles. The third kappa shape index (κ3) is 3.54. The summed E-state index contributed by atoms with van der Waals surface area (Å²) in [4.78, 5) is 22.9. The van der Waals surface area contributed by atoms with E-state index < -0.39 is 5.97 Å². The molecule has 0 saturated carbocycles. The van der Waals surface area contributed by atoms with Crippen LogP contribution in [0, 0.1) is 11.3 Å². The van der Waals surface area contributed by atoms with Crippen molar-refractivity contribution < 1.29 is 14.3 Å². The number of nitrogens with zero attached hydrogens (tertiary/aromatic N) is 4. The highest BCUT2D eigenvalue weighted by Gasteiger charge is 2.38. The summed E-state index contributed by atoms with van der Waals surface area (Å²) in [6, 6.07) is 10.1. The SMILES string of the molecule is CCOC(=O)c1nc(OCC)c(/C=C2/N(C)c3ccccc3C2(C)C)nc1C#N. The Bertz CT molecular complexity index is 1020. The van der Waals surface area contributed by atoms with Crippen LogP contribution in [0.3, 0.4) is 0 Å². The molecule has 2 heterocycles. The number of ether oxygens (including phenoxy) is 2. The number of nitriles is 1. The zero-order valence-electron chi connectivity index (χ0n) is 17.3. The number of allylic oxidation sites excluding steroid dienone is 1. The van der Waals surface area contributed by atoms with E-state index in [-0.39, 0.29) is 29.3 Å². The number of likely N-dealkylation sites (N-methyl/N-ethyl adjacent to an activating group) is 1. The number of carbonyl (C=O) groups is 1. The molecule has 1 aliphatic heterocycles. The van der Waals surface area contributed by atoms with E-state index in [2.05, 4.69) is 40.8 Å². The van der Waals surface area contributed by atoms with Gasteiger partial charge in [0.1, 0.15) is 11.8 Å². The first-order valence-corrected chi connectivity index (χ1v) is 9.52. The number of carbonyl (C=O) groups excluding carboxylic acids is 1. The molecule has 29 heavy (non-hydrogen) atoms. The van der Waals surface area contributed by atoms with Crippen molar-refractivity contribution in [3.63, 3.8) is 0 Å². The molecule has 0 saturated heterocycles. The summed E-state index contributed by atoms with van der Waals surface area (Å²) in [5.74, 6) is -0.496. The van der Waals surface area contributed by atoms with E-state index in [0.717, 1.165) is 11.4 Å². The first kappa shape index (κ1) is 20.3. The molecule has 0 spiro atoms. The maximum Gasteiger partial charge on any atom is 0.360 e. The third-order valence-electron chi connectivity index (χ3n) is 4.96. The predicted octanol–water partition coefficient (Wildman–Crippen LogP) is 3.69. The maximum absolute atomic E-state index is 12.2. The zero-order valence-corrected chi connectivity index (χ0v) is 17.3. The van der Waals surface area contributed by atoms with Gasteiger partial charge < -0.3 is 14.4 Å². The van der Waals surface area contributed by atoms with Gasteiger partial charge in [-0.1, -0.05) is 32.0 Å². The second-order valence-electron chi connectivity index (χ2n) is 7.11. The molecule has 7 nitrogen and oxygen atoms in total. The summed E-state index contributed by atoms with van der Waals surface area (Å²) in [7, 11) is 1.99. The van der Waals surface area contributed by atoms with Gasteiger partial charge in [0, 0.05) is 23.8 Å². The highest BCUT2D eigenvalue weighted by Crippen LogP contribution is 2.47. The summed E-state index contributed by atoms with van der Waals surface area (Å²) >= 11 is 0. The lowest BCUT2D eigenvalue weighted by Crippen LogP contribution is -2.23. The topological polar surface area (TPSA) is 88.3 Å². The van der Waals surface area contributed by atoms with Crippen molar-refractivity contribution in [3.05, 3.63) is 52.6 Å². The number of hydrogen-bond acceptors (Lipinski definition) is 7. The number of anilines is 1. The number of benzene rings is 1. The molecule has 2 aromatic rings. The highest BCUT2D eigenvalue weighted by atomic mass is 16.5. The lowest BCUT2D eigenvalue weighted by molar-refractivity contribution is 0.0517. The van der Waals surface area contributed by atoms with Crippen molar-refractivity contribution in [2.24, 2.45) is 0 Å². The number of fused-ring (bicyclic) bond motifs is 1. The van der Waals surface area contributed by atoms with Crippen LogP contribution in [0.4, 0.5) is 5.69 Å². The molecule has 0 bridgehead atoms. The van der Waals surface area contributed by atoms with Gasteiger partial charge in [-0.05, 0) is 31.6 Å². The van der Waals surface area contributed by atoms with Gasteiger partial charge in [-0.2, -0.15) is 5.26 Å². The molecule has 0 radical (unpaired) electrons. The molecule has 1 aliphatic rings. The van der Waals surface area contributed by atoms with E-state index in [0.29, 0.717) is 12.3 Å². The van der Waals surface area contributed by atoms with Crippen LogP contribution < -0.4 is 9.64 Å². The van der Waals surface area contributed by atoms with Gasteiger partial charge in [-0.15, -0.1) is 0 Å². The van der Waals surface area contributed by atoms with Crippen molar-refractivity contribution in [2.45, 2.75) is 33.1 Å². The molecule has 3 rings (SSSR count). The lowest BCUT2D eigenvalue weighted by atomic mass is 9.83. The van der Waals surface area contributed by atoms with Crippen LogP contribution >= 0.6 is 0 Å². The van der Waals surface area contributed by atoms with E-state index in [9.17, 15) is 10.1 Å². The van der Waals surface area contributed by atoms with Crippen molar-refractivity contribution in [3.8, 4) is 11.9 Å². The monoisotopic (exact) mass is 392 g/mol. The number of hydrogen-bond donors (Lipinski definition) is 0. The van der Waals surface area contributed by atoms with Gasteiger partial charge in [-0.3, -0.25) is 0 Å². The van der Waals surface area contributed by atoms with Crippen LogP contribution in [-0.4, -0.2) is 36.2 Å². The summed E-state index contributed by atoms with van der Waals surface area (Å²) in [6.45, 7) is 8.30. The van der Waals surface area contributed by atoms with Crippen LogP contribution in [0.2, 0.25) is 0 Å². The second-order valence-corrected chi connectivity index (χ2v) is 7.11. The first-order valence-electron chi connectivity index (χ1n) is 9.52. The lowest BCUT2D eigenvalue weighted by Gasteiger charge is -2.24.